The number of aliphatic carboxylic acids is 1. The fraction of sp³-hybridized carbons (Fsp3) is 0.632. The van der Waals surface area contributed by atoms with E-state index in [-0.39, 0.29) is 48.4 Å². The number of pyridine rings is 1. The van der Waals surface area contributed by atoms with E-state index >= 15 is 0 Å². The van der Waals surface area contributed by atoms with Crippen molar-refractivity contribution < 1.29 is 28.2 Å². The smallest absolute Gasteiger partial charge is 0.417 e. The predicted octanol–water partition coefficient (Wildman–Crippen LogP) is 2.09. The van der Waals surface area contributed by atoms with Gasteiger partial charge in [-0.05, 0) is 37.2 Å². The van der Waals surface area contributed by atoms with Crippen LogP contribution in [-0.4, -0.2) is 52.9 Å². The van der Waals surface area contributed by atoms with Crippen LogP contribution in [0.1, 0.15) is 30.9 Å². The molecule has 156 valence electrons. The molecule has 5 atom stereocenters. The summed E-state index contributed by atoms with van der Waals surface area (Å²) in [5.74, 6) is -0.416. The quantitative estimate of drug-likeness (QED) is 0.784. The highest BCUT2D eigenvalue weighted by atomic mass is 19.4. The predicted molar refractivity (Wildman–Crippen MR) is 96.3 cm³/mol. The number of fused-ring (bicyclic) bond motifs is 1. The summed E-state index contributed by atoms with van der Waals surface area (Å²) in [6, 6.07) is 2.33. The normalized spacial score (nSPS) is 31.0. The van der Waals surface area contributed by atoms with Gasteiger partial charge in [0, 0.05) is 32.1 Å². The highest BCUT2D eigenvalue weighted by Gasteiger charge is 2.56. The summed E-state index contributed by atoms with van der Waals surface area (Å²) in [4.78, 5) is 18.6. The van der Waals surface area contributed by atoms with Crippen LogP contribution in [0.25, 0.3) is 0 Å². The van der Waals surface area contributed by atoms with Gasteiger partial charge in [-0.3, -0.25) is 4.79 Å². The van der Waals surface area contributed by atoms with Gasteiger partial charge in [-0.1, -0.05) is 0 Å². The van der Waals surface area contributed by atoms with Gasteiger partial charge in [0.1, 0.15) is 23.3 Å². The van der Waals surface area contributed by atoms with Gasteiger partial charge in [0.25, 0.3) is 0 Å². The molecule has 2 aliphatic heterocycles. The lowest BCUT2D eigenvalue weighted by Gasteiger charge is -2.28. The molecule has 2 saturated heterocycles. The van der Waals surface area contributed by atoms with Crippen LogP contribution in [0.4, 0.5) is 24.8 Å². The van der Waals surface area contributed by atoms with Gasteiger partial charge in [-0.25, -0.2) is 4.98 Å². The van der Waals surface area contributed by atoms with E-state index in [0.717, 1.165) is 6.07 Å². The molecule has 0 spiro atoms. The number of halogens is 3. The SMILES string of the molecule is C[C@H]1C[C@H](O)CN1c1nc(N2C[C@@H]3C(CC(=O)O)[C@@H]3C2)cc(C(F)(F)F)c1C#N. The lowest BCUT2D eigenvalue weighted by Crippen LogP contribution is -2.32. The number of rotatable bonds is 4. The Labute approximate surface area is 165 Å². The molecule has 1 aliphatic carbocycles. The van der Waals surface area contributed by atoms with Gasteiger partial charge in [0.15, 0.2) is 0 Å². The maximum absolute atomic E-state index is 13.7. The summed E-state index contributed by atoms with van der Waals surface area (Å²) < 4.78 is 41.1. The molecule has 3 fully saturated rings. The number of carboxylic acid groups (broad SMARTS) is 1. The molecule has 1 aromatic heterocycles. The minimum atomic E-state index is -4.71. The van der Waals surface area contributed by atoms with Crippen LogP contribution in [0, 0.1) is 29.1 Å². The number of nitrogens with zero attached hydrogens (tertiary/aromatic N) is 4. The monoisotopic (exact) mass is 410 g/mol. The average molecular weight is 410 g/mol. The molecule has 2 N–H and O–H groups in total. The number of alkyl halides is 3. The summed E-state index contributed by atoms with van der Waals surface area (Å²) in [5.41, 5.74) is -1.56. The summed E-state index contributed by atoms with van der Waals surface area (Å²) >= 11 is 0. The number of aliphatic hydroxyl groups is 1. The van der Waals surface area contributed by atoms with Crippen LogP contribution in [0.2, 0.25) is 0 Å². The van der Waals surface area contributed by atoms with Crippen LogP contribution in [-0.2, 0) is 11.0 Å². The van der Waals surface area contributed by atoms with Gasteiger partial charge in [-0.15, -0.1) is 0 Å². The van der Waals surface area contributed by atoms with E-state index < -0.39 is 29.4 Å². The van der Waals surface area contributed by atoms with E-state index in [9.17, 15) is 28.3 Å². The second kappa shape index (κ2) is 6.76. The van der Waals surface area contributed by atoms with Crippen LogP contribution in [0.3, 0.4) is 0 Å². The zero-order valence-corrected chi connectivity index (χ0v) is 15.7. The van der Waals surface area contributed by atoms with Gasteiger partial charge in [0.05, 0.1) is 11.7 Å². The van der Waals surface area contributed by atoms with Crippen molar-refractivity contribution in [3.63, 3.8) is 0 Å². The summed E-state index contributed by atoms with van der Waals surface area (Å²) in [7, 11) is 0. The number of anilines is 2. The minimum absolute atomic E-state index is 0.0518. The first-order valence-corrected chi connectivity index (χ1v) is 9.54. The number of carboxylic acids is 1. The lowest BCUT2D eigenvalue weighted by atomic mass is 10.1. The van der Waals surface area contributed by atoms with Gasteiger partial charge >= 0.3 is 12.1 Å². The van der Waals surface area contributed by atoms with E-state index in [2.05, 4.69) is 4.98 Å². The molecule has 1 aromatic rings. The van der Waals surface area contributed by atoms with Crippen LogP contribution in [0.5, 0.6) is 0 Å². The Morgan fingerprint density at radius 1 is 1.34 bits per heavy atom. The Morgan fingerprint density at radius 3 is 2.48 bits per heavy atom. The third-order valence-electron chi connectivity index (χ3n) is 6.33. The summed E-state index contributed by atoms with van der Waals surface area (Å²) in [6.07, 6.45) is -4.93. The largest absolute Gasteiger partial charge is 0.481 e. The number of aromatic nitrogens is 1. The number of piperidine rings is 1. The molecular weight excluding hydrogens is 389 g/mol. The van der Waals surface area contributed by atoms with Gasteiger partial charge in [0.2, 0.25) is 0 Å². The van der Waals surface area contributed by atoms with Crippen molar-refractivity contribution in [3.8, 4) is 6.07 Å². The lowest BCUT2D eigenvalue weighted by molar-refractivity contribution is -0.138. The van der Waals surface area contributed by atoms with E-state index in [1.54, 1.807) is 22.8 Å². The molecule has 3 heterocycles. The van der Waals surface area contributed by atoms with Crippen molar-refractivity contribution in [2.75, 3.05) is 29.4 Å². The second-order valence-electron chi connectivity index (χ2n) is 8.22. The van der Waals surface area contributed by atoms with E-state index in [0.29, 0.717) is 19.5 Å². The number of hydrogen-bond donors (Lipinski definition) is 2. The first-order chi connectivity index (χ1) is 13.6. The number of β-amino-alcohol motifs (C(OH)–C–C–N with tert-alkyl or cyclic N) is 1. The molecular formula is C19H21F3N4O3. The van der Waals surface area contributed by atoms with Crippen molar-refractivity contribution in [1.82, 2.24) is 4.98 Å². The highest BCUT2D eigenvalue weighted by Crippen LogP contribution is 2.54. The minimum Gasteiger partial charge on any atom is -0.481 e. The Bertz CT molecular complexity index is 873. The second-order valence-corrected chi connectivity index (χ2v) is 8.22. The third kappa shape index (κ3) is 3.48. The van der Waals surface area contributed by atoms with Crippen molar-refractivity contribution in [1.29, 1.82) is 5.26 Å². The molecule has 0 amide bonds. The van der Waals surface area contributed by atoms with Crippen molar-refractivity contribution in [3.05, 3.63) is 17.2 Å². The van der Waals surface area contributed by atoms with E-state index in [1.165, 1.54) is 0 Å². The Kier molecular flexibility index (Phi) is 4.61. The molecule has 4 rings (SSSR count). The van der Waals surface area contributed by atoms with E-state index in [4.69, 9.17) is 5.11 Å². The number of nitriles is 1. The molecule has 10 heteroatoms. The summed E-state index contributed by atoms with van der Waals surface area (Å²) in [5, 5.41) is 28.3. The Balaban J connectivity index is 1.68. The maximum Gasteiger partial charge on any atom is 0.417 e. The van der Waals surface area contributed by atoms with E-state index in [1.807, 2.05) is 0 Å². The van der Waals surface area contributed by atoms with Crippen molar-refractivity contribution >= 4 is 17.6 Å². The molecule has 0 bridgehead atoms. The van der Waals surface area contributed by atoms with Gasteiger partial charge < -0.3 is 20.0 Å². The molecule has 1 unspecified atom stereocenters. The number of carbonyl (C=O) groups is 1. The highest BCUT2D eigenvalue weighted by molar-refractivity contribution is 5.68. The van der Waals surface area contributed by atoms with Crippen LogP contribution in [0.15, 0.2) is 6.07 Å². The first-order valence-electron chi connectivity index (χ1n) is 9.54. The zero-order chi connectivity index (χ0) is 21.1. The molecule has 0 radical (unpaired) electrons. The van der Waals surface area contributed by atoms with Crippen molar-refractivity contribution in [2.24, 2.45) is 17.8 Å². The first kappa shape index (κ1) is 19.8. The number of aliphatic hydroxyl groups excluding tert-OH is 1. The Hall–Kier alpha value is -2.54. The third-order valence-corrected chi connectivity index (χ3v) is 6.33. The fourth-order valence-corrected chi connectivity index (χ4v) is 4.86. The Morgan fingerprint density at radius 2 is 2.00 bits per heavy atom. The summed E-state index contributed by atoms with van der Waals surface area (Å²) in [6.45, 7) is 2.81. The molecule has 0 aromatic carbocycles. The van der Waals surface area contributed by atoms with Crippen molar-refractivity contribution in [2.45, 2.75) is 38.1 Å². The van der Waals surface area contributed by atoms with Gasteiger partial charge in [-0.2, -0.15) is 18.4 Å². The maximum atomic E-state index is 13.7. The topological polar surface area (TPSA) is 101 Å². The molecule has 3 aliphatic rings. The zero-order valence-electron chi connectivity index (χ0n) is 15.7. The number of hydrogen-bond acceptors (Lipinski definition) is 6. The molecule has 7 nitrogen and oxygen atoms in total. The molecule has 1 saturated carbocycles. The average Bonchev–Trinajstić information content (AvgIpc) is 2.96. The van der Waals surface area contributed by atoms with Crippen LogP contribution < -0.4 is 9.80 Å². The molecule has 29 heavy (non-hydrogen) atoms. The fourth-order valence-electron chi connectivity index (χ4n) is 4.86. The standard InChI is InChI=1S/C19H21F3N4O3/c1-9-2-10(27)6-26(9)18-12(5-23)15(19(20,21)22)4-16(24-18)25-7-13-11(3-17(28)29)14(13)8-25/h4,9-11,13-14,27H,2-3,6-8H2,1H3,(H,28,29)/t9-,10-,11?,13-,14+/m0/s1. The van der Waals surface area contributed by atoms with Crippen LogP contribution >= 0.6 is 0 Å².